The maximum Gasteiger partial charge on any atom is 0.275 e. The van der Waals surface area contributed by atoms with Crippen LogP contribution in [0.3, 0.4) is 0 Å². The second-order valence-electron chi connectivity index (χ2n) is 7.56. The molecule has 0 aliphatic carbocycles. The topological polar surface area (TPSA) is 80.2 Å². The molecule has 6 nitrogen and oxygen atoms in total. The van der Waals surface area contributed by atoms with Gasteiger partial charge in [0.1, 0.15) is 17.5 Å². The Kier molecular flexibility index (Phi) is 7.11. The molecule has 7 heteroatoms. The first-order valence-electron chi connectivity index (χ1n) is 10.1. The van der Waals surface area contributed by atoms with Gasteiger partial charge in [0.15, 0.2) is 5.69 Å². The van der Waals surface area contributed by atoms with Crippen LogP contribution in [0.4, 0.5) is 0 Å². The number of aryl methyl sites for hydroxylation is 2. The molecule has 30 heavy (non-hydrogen) atoms. The van der Waals surface area contributed by atoms with Gasteiger partial charge in [-0.1, -0.05) is 5.92 Å². The number of carbonyl (C=O) groups is 3. The third kappa shape index (κ3) is 4.82. The lowest BCUT2D eigenvalue weighted by Crippen LogP contribution is -2.35. The van der Waals surface area contributed by atoms with E-state index in [2.05, 4.69) is 20.6 Å². The molecule has 1 amide bonds. The Bertz CT molecular complexity index is 973. The third-order valence-corrected chi connectivity index (χ3v) is 5.84. The van der Waals surface area contributed by atoms with E-state index in [1.165, 1.54) is 6.20 Å². The number of carbonyl (C=O) groups excluding carboxylic acids is 3. The first-order chi connectivity index (χ1) is 14.4. The SMILES string of the molecule is CC#Cc1cc(C)c(C2C(=O)CCCN(C(=O)c3cnsn3)CCCC2=O)c(C)c1. The van der Waals surface area contributed by atoms with E-state index in [0.29, 0.717) is 31.6 Å². The maximum atomic E-state index is 13.1. The summed E-state index contributed by atoms with van der Waals surface area (Å²) in [5.41, 5.74) is 3.86. The van der Waals surface area contributed by atoms with E-state index in [9.17, 15) is 14.4 Å². The molecular formula is C23H25N3O3S. The molecular weight excluding hydrogens is 398 g/mol. The van der Waals surface area contributed by atoms with Crippen molar-refractivity contribution in [2.24, 2.45) is 0 Å². The zero-order valence-corrected chi connectivity index (χ0v) is 18.3. The fraction of sp³-hybridized carbons (Fsp3) is 0.435. The van der Waals surface area contributed by atoms with E-state index in [1.807, 2.05) is 26.0 Å². The van der Waals surface area contributed by atoms with Crippen LogP contribution in [0.5, 0.6) is 0 Å². The Labute approximate surface area is 181 Å². The van der Waals surface area contributed by atoms with Gasteiger partial charge in [-0.25, -0.2) is 0 Å². The Balaban J connectivity index is 1.82. The molecule has 0 N–H and O–H groups in total. The van der Waals surface area contributed by atoms with Crippen LogP contribution in [-0.4, -0.2) is 44.2 Å². The van der Waals surface area contributed by atoms with Crippen LogP contribution >= 0.6 is 11.7 Å². The smallest absolute Gasteiger partial charge is 0.275 e. The first kappa shape index (κ1) is 21.8. The summed E-state index contributed by atoms with van der Waals surface area (Å²) in [5, 5.41) is 0. The number of aromatic nitrogens is 2. The highest BCUT2D eigenvalue weighted by atomic mass is 32.1. The lowest BCUT2D eigenvalue weighted by atomic mass is 9.81. The number of hydrogen-bond donors (Lipinski definition) is 0. The van der Waals surface area contributed by atoms with Crippen molar-refractivity contribution >= 4 is 29.2 Å². The Morgan fingerprint density at radius 2 is 1.70 bits per heavy atom. The second kappa shape index (κ2) is 9.77. The number of amides is 1. The summed E-state index contributed by atoms with van der Waals surface area (Å²) in [6, 6.07) is 3.89. The number of Topliss-reactive ketones (excluding diaryl/α,β-unsaturated/α-hetero) is 2. The van der Waals surface area contributed by atoms with Crippen LogP contribution in [0.15, 0.2) is 18.3 Å². The van der Waals surface area contributed by atoms with Crippen molar-refractivity contribution in [2.45, 2.75) is 52.4 Å². The fourth-order valence-corrected chi connectivity index (χ4v) is 4.47. The average molecular weight is 424 g/mol. The van der Waals surface area contributed by atoms with Gasteiger partial charge in [-0.15, -0.1) is 5.92 Å². The minimum absolute atomic E-state index is 0.0786. The highest BCUT2D eigenvalue weighted by Crippen LogP contribution is 2.30. The summed E-state index contributed by atoms with van der Waals surface area (Å²) in [5.74, 6) is 4.84. The quantitative estimate of drug-likeness (QED) is 0.546. The summed E-state index contributed by atoms with van der Waals surface area (Å²) in [7, 11) is 0. The Morgan fingerprint density at radius 3 is 2.20 bits per heavy atom. The van der Waals surface area contributed by atoms with E-state index >= 15 is 0 Å². The van der Waals surface area contributed by atoms with Crippen molar-refractivity contribution in [3.05, 3.63) is 46.3 Å². The van der Waals surface area contributed by atoms with Gasteiger partial charge in [0.25, 0.3) is 5.91 Å². The van der Waals surface area contributed by atoms with Gasteiger partial charge in [0.2, 0.25) is 0 Å². The summed E-state index contributed by atoms with van der Waals surface area (Å²) in [4.78, 5) is 40.5. The molecule has 0 unspecified atom stereocenters. The summed E-state index contributed by atoms with van der Waals surface area (Å²) >= 11 is 0.990. The van der Waals surface area contributed by atoms with Crippen molar-refractivity contribution in [1.29, 1.82) is 0 Å². The molecule has 156 valence electrons. The van der Waals surface area contributed by atoms with Gasteiger partial charge in [-0.05, 0) is 62.4 Å². The van der Waals surface area contributed by atoms with Crippen LogP contribution in [0, 0.1) is 25.7 Å². The molecule has 1 aliphatic heterocycles. The largest absolute Gasteiger partial charge is 0.337 e. The third-order valence-electron chi connectivity index (χ3n) is 5.37. The Hall–Kier alpha value is -2.85. The van der Waals surface area contributed by atoms with Crippen molar-refractivity contribution < 1.29 is 14.4 Å². The number of nitrogens with zero attached hydrogens (tertiary/aromatic N) is 3. The van der Waals surface area contributed by atoms with E-state index in [0.717, 1.165) is 34.0 Å². The van der Waals surface area contributed by atoms with Gasteiger partial charge in [0, 0.05) is 31.5 Å². The molecule has 0 saturated carbocycles. The van der Waals surface area contributed by atoms with Crippen LogP contribution in [0.25, 0.3) is 0 Å². The summed E-state index contributed by atoms with van der Waals surface area (Å²) in [6.07, 6.45) is 3.00. The van der Waals surface area contributed by atoms with Gasteiger partial charge in [0.05, 0.1) is 17.9 Å². The number of benzene rings is 1. The molecule has 1 aromatic heterocycles. The maximum absolute atomic E-state index is 13.1. The van der Waals surface area contributed by atoms with E-state index in [-0.39, 0.29) is 30.3 Å². The van der Waals surface area contributed by atoms with Crippen molar-refractivity contribution in [2.75, 3.05) is 13.1 Å². The average Bonchev–Trinajstić information content (AvgIpc) is 3.23. The molecule has 2 heterocycles. The molecule has 2 aromatic rings. The monoisotopic (exact) mass is 423 g/mol. The first-order valence-corrected chi connectivity index (χ1v) is 10.8. The standard InChI is InChI=1S/C23H25N3O3S/c1-4-7-17-12-15(2)21(16(3)13-17)22-19(27)8-5-10-26(11-6-9-20(22)28)23(29)18-14-24-30-25-18/h12-14,22H,5-6,8-11H2,1-3H3. The zero-order valence-electron chi connectivity index (χ0n) is 17.5. The molecule has 1 saturated heterocycles. The minimum Gasteiger partial charge on any atom is -0.337 e. The molecule has 1 aromatic carbocycles. The van der Waals surface area contributed by atoms with Gasteiger partial charge < -0.3 is 4.90 Å². The van der Waals surface area contributed by atoms with Crippen LogP contribution < -0.4 is 0 Å². The van der Waals surface area contributed by atoms with Gasteiger partial charge >= 0.3 is 0 Å². The minimum atomic E-state index is -0.737. The van der Waals surface area contributed by atoms with Crippen molar-refractivity contribution in [1.82, 2.24) is 13.6 Å². The number of rotatable bonds is 2. The fourth-order valence-electron chi connectivity index (χ4n) is 4.06. The summed E-state index contributed by atoms with van der Waals surface area (Å²) in [6.45, 7) is 6.58. The molecule has 0 radical (unpaired) electrons. The predicted octanol–water partition coefficient (Wildman–Crippen LogP) is 3.46. The highest BCUT2D eigenvalue weighted by molar-refractivity contribution is 6.99. The van der Waals surface area contributed by atoms with E-state index < -0.39 is 5.92 Å². The number of hydrogen-bond acceptors (Lipinski definition) is 6. The van der Waals surface area contributed by atoms with Crippen molar-refractivity contribution in [3.63, 3.8) is 0 Å². The van der Waals surface area contributed by atoms with Crippen LogP contribution in [-0.2, 0) is 9.59 Å². The molecule has 1 fully saturated rings. The predicted molar refractivity (Wildman–Crippen MR) is 116 cm³/mol. The summed E-state index contributed by atoms with van der Waals surface area (Å²) < 4.78 is 7.89. The van der Waals surface area contributed by atoms with Crippen LogP contribution in [0.2, 0.25) is 0 Å². The molecule has 1 aliphatic rings. The second-order valence-corrected chi connectivity index (χ2v) is 8.11. The van der Waals surface area contributed by atoms with Gasteiger partial charge in [-0.3, -0.25) is 14.4 Å². The molecule has 0 bridgehead atoms. The van der Waals surface area contributed by atoms with Gasteiger partial charge in [-0.2, -0.15) is 8.75 Å². The zero-order chi connectivity index (χ0) is 21.7. The Morgan fingerprint density at radius 1 is 1.10 bits per heavy atom. The molecule has 0 atom stereocenters. The lowest BCUT2D eigenvalue weighted by Gasteiger charge is -2.25. The van der Waals surface area contributed by atoms with Crippen LogP contribution in [0.1, 0.15) is 71.3 Å². The number of ketones is 2. The highest BCUT2D eigenvalue weighted by Gasteiger charge is 2.31. The van der Waals surface area contributed by atoms with Crippen molar-refractivity contribution in [3.8, 4) is 11.8 Å². The van der Waals surface area contributed by atoms with E-state index in [4.69, 9.17) is 0 Å². The lowest BCUT2D eigenvalue weighted by molar-refractivity contribution is -0.129. The molecule has 3 rings (SSSR count). The normalized spacial score (nSPS) is 16.2. The molecule has 0 spiro atoms. The van der Waals surface area contributed by atoms with E-state index in [1.54, 1.807) is 11.8 Å².